The number of hydrogen-bond donors (Lipinski definition) is 1. The maximum absolute atomic E-state index is 11.7. The Labute approximate surface area is 150 Å². The SMILES string of the molecule is CCCCCCC(CCC[Si](C)(C)OCCCOCC)C(=O)S. The lowest BCUT2D eigenvalue weighted by Gasteiger charge is -2.23. The molecule has 1 unspecified atom stereocenters. The molecule has 3 nitrogen and oxygen atoms in total. The lowest BCUT2D eigenvalue weighted by Crippen LogP contribution is -2.31. The first-order chi connectivity index (χ1) is 10.9. The fourth-order valence-electron chi connectivity index (χ4n) is 2.71. The molecule has 0 aromatic rings. The van der Waals surface area contributed by atoms with E-state index in [9.17, 15) is 4.79 Å². The van der Waals surface area contributed by atoms with Gasteiger partial charge in [-0.05, 0) is 45.3 Å². The van der Waals surface area contributed by atoms with Crippen LogP contribution in [0.5, 0.6) is 0 Å². The average molecular weight is 363 g/mol. The van der Waals surface area contributed by atoms with Gasteiger partial charge in [0, 0.05) is 25.7 Å². The quantitative estimate of drug-likeness (QED) is 0.225. The number of thiol groups is 1. The summed E-state index contributed by atoms with van der Waals surface area (Å²) in [6, 6.07) is 1.12. The first-order valence-electron chi connectivity index (χ1n) is 9.37. The van der Waals surface area contributed by atoms with Gasteiger partial charge in [-0.3, -0.25) is 4.79 Å². The van der Waals surface area contributed by atoms with Crippen LogP contribution in [0.1, 0.15) is 65.2 Å². The Morgan fingerprint density at radius 1 is 1.00 bits per heavy atom. The van der Waals surface area contributed by atoms with Crippen molar-refractivity contribution in [2.75, 3.05) is 19.8 Å². The minimum absolute atomic E-state index is 0.0682. The van der Waals surface area contributed by atoms with Crippen molar-refractivity contribution in [2.24, 2.45) is 5.92 Å². The van der Waals surface area contributed by atoms with Gasteiger partial charge in [0.2, 0.25) is 0 Å². The minimum Gasteiger partial charge on any atom is -0.417 e. The van der Waals surface area contributed by atoms with Gasteiger partial charge in [0.15, 0.2) is 13.4 Å². The fourth-order valence-corrected chi connectivity index (χ4v) is 4.86. The van der Waals surface area contributed by atoms with Crippen molar-refractivity contribution < 1.29 is 14.0 Å². The van der Waals surface area contributed by atoms with Gasteiger partial charge in [0.1, 0.15) is 0 Å². The molecule has 0 aliphatic heterocycles. The van der Waals surface area contributed by atoms with E-state index in [1.165, 1.54) is 19.3 Å². The molecule has 0 aliphatic carbocycles. The maximum Gasteiger partial charge on any atom is 0.188 e. The molecule has 0 saturated carbocycles. The van der Waals surface area contributed by atoms with E-state index in [0.29, 0.717) is 0 Å². The number of carbonyl (C=O) groups is 1. The van der Waals surface area contributed by atoms with Crippen LogP contribution in [-0.2, 0) is 14.0 Å². The Kier molecular flexibility index (Phi) is 14.6. The Morgan fingerprint density at radius 2 is 1.70 bits per heavy atom. The van der Waals surface area contributed by atoms with Crippen LogP contribution in [0.25, 0.3) is 0 Å². The molecule has 0 saturated heterocycles. The molecule has 0 heterocycles. The Bertz CT molecular complexity index is 298. The van der Waals surface area contributed by atoms with E-state index >= 15 is 0 Å². The van der Waals surface area contributed by atoms with Gasteiger partial charge in [0.05, 0.1) is 0 Å². The van der Waals surface area contributed by atoms with Crippen molar-refractivity contribution in [1.29, 1.82) is 0 Å². The fraction of sp³-hybridized carbons (Fsp3) is 0.944. The van der Waals surface area contributed by atoms with Crippen LogP contribution in [-0.4, -0.2) is 33.3 Å². The van der Waals surface area contributed by atoms with Gasteiger partial charge in [-0.1, -0.05) is 39.0 Å². The summed E-state index contributed by atoms with van der Waals surface area (Å²) in [6.07, 6.45) is 8.90. The zero-order chi connectivity index (χ0) is 17.6. The smallest absolute Gasteiger partial charge is 0.188 e. The zero-order valence-electron chi connectivity index (χ0n) is 15.7. The largest absolute Gasteiger partial charge is 0.417 e. The molecule has 0 aliphatic rings. The van der Waals surface area contributed by atoms with Gasteiger partial charge >= 0.3 is 0 Å². The summed E-state index contributed by atoms with van der Waals surface area (Å²) in [6.45, 7) is 11.1. The van der Waals surface area contributed by atoms with E-state index in [1.54, 1.807) is 0 Å². The van der Waals surface area contributed by atoms with Crippen molar-refractivity contribution in [2.45, 2.75) is 84.4 Å². The lowest BCUT2D eigenvalue weighted by atomic mass is 9.97. The van der Waals surface area contributed by atoms with E-state index in [-0.39, 0.29) is 11.0 Å². The normalized spacial score (nSPS) is 13.3. The molecule has 0 N–H and O–H groups in total. The van der Waals surface area contributed by atoms with Crippen LogP contribution in [0.3, 0.4) is 0 Å². The second-order valence-corrected chi connectivity index (χ2v) is 11.7. The highest BCUT2D eigenvalue weighted by Crippen LogP contribution is 2.23. The predicted octanol–water partition coefficient (Wildman–Crippen LogP) is 5.46. The van der Waals surface area contributed by atoms with Crippen molar-refractivity contribution in [1.82, 2.24) is 0 Å². The summed E-state index contributed by atoms with van der Waals surface area (Å²) < 4.78 is 11.4. The Morgan fingerprint density at radius 3 is 2.30 bits per heavy atom. The van der Waals surface area contributed by atoms with Crippen LogP contribution in [0, 0.1) is 5.92 Å². The zero-order valence-corrected chi connectivity index (χ0v) is 17.6. The summed E-state index contributed by atoms with van der Waals surface area (Å²) >= 11 is 4.08. The standard InChI is InChI=1S/C18H38O3SSi/c1-5-7-8-9-12-17(18(19)22)13-10-16-23(3,4)21-15-11-14-20-6-2/h17H,5-16H2,1-4H3,(H,19,22). The first-order valence-corrected chi connectivity index (χ1v) is 12.9. The third-order valence-corrected chi connectivity index (χ3v) is 7.13. The van der Waals surface area contributed by atoms with Crippen molar-refractivity contribution in [3.05, 3.63) is 0 Å². The summed E-state index contributed by atoms with van der Waals surface area (Å²) in [7, 11) is -1.60. The highest BCUT2D eigenvalue weighted by atomic mass is 32.1. The van der Waals surface area contributed by atoms with Crippen molar-refractivity contribution in [3.8, 4) is 0 Å². The number of rotatable bonds is 16. The second kappa shape index (κ2) is 14.5. The highest BCUT2D eigenvalue weighted by molar-refractivity contribution is 7.96. The van der Waals surface area contributed by atoms with E-state index in [4.69, 9.17) is 9.16 Å². The van der Waals surface area contributed by atoms with Gasteiger partial charge < -0.3 is 9.16 Å². The molecule has 0 spiro atoms. The molecule has 0 fully saturated rings. The summed E-state index contributed by atoms with van der Waals surface area (Å²) in [5.74, 6) is 0.137. The minimum atomic E-state index is -1.60. The second-order valence-electron chi connectivity index (χ2n) is 6.94. The third-order valence-electron chi connectivity index (χ3n) is 4.22. The first kappa shape index (κ1) is 23.2. The van der Waals surface area contributed by atoms with Gasteiger partial charge in [-0.15, -0.1) is 12.6 Å². The van der Waals surface area contributed by atoms with Gasteiger partial charge in [0.25, 0.3) is 0 Å². The molecule has 23 heavy (non-hydrogen) atoms. The molecule has 0 aromatic carbocycles. The molecule has 5 heteroatoms. The molecular formula is C18H38O3SSi. The van der Waals surface area contributed by atoms with Crippen LogP contribution >= 0.6 is 12.6 Å². The van der Waals surface area contributed by atoms with Crippen molar-refractivity contribution in [3.63, 3.8) is 0 Å². The number of unbranched alkanes of at least 4 members (excludes halogenated alkanes) is 3. The van der Waals surface area contributed by atoms with Crippen LogP contribution in [0.4, 0.5) is 0 Å². The Hall–Kier alpha value is 0.157. The number of hydrogen-bond acceptors (Lipinski definition) is 3. The van der Waals surface area contributed by atoms with E-state index < -0.39 is 8.32 Å². The predicted molar refractivity (Wildman–Crippen MR) is 105 cm³/mol. The van der Waals surface area contributed by atoms with E-state index in [0.717, 1.165) is 58.0 Å². The van der Waals surface area contributed by atoms with Crippen LogP contribution < -0.4 is 0 Å². The molecule has 1 atom stereocenters. The number of ether oxygens (including phenoxy) is 1. The molecule has 0 aromatic heterocycles. The molecule has 0 radical (unpaired) electrons. The molecule has 138 valence electrons. The topological polar surface area (TPSA) is 35.5 Å². The van der Waals surface area contributed by atoms with E-state index in [2.05, 4.69) is 32.6 Å². The third kappa shape index (κ3) is 14.2. The van der Waals surface area contributed by atoms with Crippen LogP contribution in [0.2, 0.25) is 19.1 Å². The summed E-state index contributed by atoms with van der Waals surface area (Å²) in [5.41, 5.74) is 0. The molecular weight excluding hydrogens is 324 g/mol. The summed E-state index contributed by atoms with van der Waals surface area (Å²) in [4.78, 5) is 11.7. The number of carbonyl (C=O) groups excluding carboxylic acids is 1. The van der Waals surface area contributed by atoms with Gasteiger partial charge in [-0.25, -0.2) is 0 Å². The Balaban J connectivity index is 3.89. The molecule has 0 rings (SSSR count). The van der Waals surface area contributed by atoms with Crippen LogP contribution in [0.15, 0.2) is 0 Å². The lowest BCUT2D eigenvalue weighted by molar-refractivity contribution is -0.114. The van der Waals surface area contributed by atoms with Gasteiger partial charge in [-0.2, -0.15) is 0 Å². The van der Waals surface area contributed by atoms with Crippen molar-refractivity contribution >= 4 is 26.1 Å². The average Bonchev–Trinajstić information content (AvgIpc) is 2.49. The maximum atomic E-state index is 11.7. The monoisotopic (exact) mass is 362 g/mol. The highest BCUT2D eigenvalue weighted by Gasteiger charge is 2.23. The molecule has 0 bridgehead atoms. The summed E-state index contributed by atoms with van der Waals surface area (Å²) in [5, 5.41) is 0.0682. The molecule has 0 amide bonds. The van der Waals surface area contributed by atoms with E-state index in [1.807, 2.05) is 6.92 Å².